The number of carbonyl (C=O) groups excluding carboxylic acids is 1. The van der Waals surface area contributed by atoms with Gasteiger partial charge in [-0.15, -0.1) is 0 Å². The predicted octanol–water partition coefficient (Wildman–Crippen LogP) is 3.88. The lowest BCUT2D eigenvalue weighted by molar-refractivity contribution is -0.156. The number of rotatable bonds is 8. The molecule has 0 N–H and O–H groups in total. The largest absolute Gasteiger partial charge is 0.494 e. The van der Waals surface area contributed by atoms with Crippen LogP contribution in [0.1, 0.15) is 39.7 Å². The quantitative estimate of drug-likeness (QED) is 0.414. The van der Waals surface area contributed by atoms with Crippen LogP contribution in [0.5, 0.6) is 11.5 Å². The van der Waals surface area contributed by atoms with E-state index in [-0.39, 0.29) is 0 Å². The van der Waals surface area contributed by atoms with E-state index in [0.29, 0.717) is 17.9 Å². The molecule has 1 aromatic carbocycles. The Kier molecular flexibility index (Phi) is 6.79. The van der Waals surface area contributed by atoms with E-state index in [4.69, 9.17) is 14.2 Å². The molecule has 1 unspecified atom stereocenters. The highest BCUT2D eigenvalue weighted by Crippen LogP contribution is 2.27. The monoisotopic (exact) mass is 292 g/mol. The van der Waals surface area contributed by atoms with Crippen LogP contribution in [0.3, 0.4) is 0 Å². The van der Waals surface area contributed by atoms with Crippen molar-refractivity contribution in [3.63, 3.8) is 0 Å². The average Bonchev–Trinajstić information content (AvgIpc) is 2.42. The molecule has 116 valence electrons. The molecular weight excluding hydrogens is 268 g/mol. The molecule has 0 aliphatic rings. The van der Waals surface area contributed by atoms with E-state index in [2.05, 4.69) is 13.5 Å². The highest BCUT2D eigenvalue weighted by Gasteiger charge is 2.14. The maximum absolute atomic E-state index is 11.5. The highest BCUT2D eigenvalue weighted by atomic mass is 16.7. The molecule has 4 heteroatoms. The molecule has 0 aromatic heterocycles. The van der Waals surface area contributed by atoms with Crippen molar-refractivity contribution in [3.05, 3.63) is 35.9 Å². The highest BCUT2D eigenvalue weighted by molar-refractivity contribution is 5.87. The maximum Gasteiger partial charge on any atom is 0.336 e. The van der Waals surface area contributed by atoms with Gasteiger partial charge in [-0.1, -0.05) is 26.0 Å². The number of aryl methyl sites for hydroxylation is 1. The zero-order valence-corrected chi connectivity index (χ0v) is 13.3. The first kappa shape index (κ1) is 17.1. The molecule has 4 nitrogen and oxygen atoms in total. The number of hydrogen-bond acceptors (Lipinski definition) is 4. The van der Waals surface area contributed by atoms with Crippen molar-refractivity contribution in [2.24, 2.45) is 0 Å². The average molecular weight is 292 g/mol. The van der Waals surface area contributed by atoms with Crippen LogP contribution in [0.2, 0.25) is 0 Å². The lowest BCUT2D eigenvalue weighted by Crippen LogP contribution is -2.21. The molecule has 0 saturated carbocycles. The number of hydrogen-bond donors (Lipinski definition) is 0. The van der Waals surface area contributed by atoms with Gasteiger partial charge in [-0.2, -0.15) is 0 Å². The molecular formula is C17H24O4. The summed E-state index contributed by atoms with van der Waals surface area (Å²) in [6.45, 7) is 11.5. The number of esters is 1. The summed E-state index contributed by atoms with van der Waals surface area (Å²) in [5, 5.41) is 0. The third-order valence-corrected chi connectivity index (χ3v) is 2.78. The molecule has 1 atom stereocenters. The maximum atomic E-state index is 11.5. The molecule has 0 bridgehead atoms. The minimum Gasteiger partial charge on any atom is -0.494 e. The Labute approximate surface area is 126 Å². The summed E-state index contributed by atoms with van der Waals surface area (Å²) in [5.41, 5.74) is 1.42. The molecule has 0 aliphatic carbocycles. The summed E-state index contributed by atoms with van der Waals surface area (Å²) in [4.78, 5) is 11.5. The molecule has 0 spiro atoms. The molecule has 21 heavy (non-hydrogen) atoms. The fourth-order valence-electron chi connectivity index (χ4n) is 1.83. The van der Waals surface area contributed by atoms with Crippen molar-refractivity contribution in [1.82, 2.24) is 0 Å². The minimum absolute atomic E-state index is 0.349. The molecule has 0 saturated heterocycles. The number of carbonyl (C=O) groups is 1. The van der Waals surface area contributed by atoms with E-state index in [0.717, 1.165) is 24.2 Å². The standard InChI is InChI=1S/C17H24O4/c1-6-8-14-9-10-15(19-7-2)11-16(14)20-13(5)21-17(18)12(3)4/h9-11,13H,3,6-8H2,1-2,4-5H3. The normalized spacial score (nSPS) is 11.6. The molecule has 1 aromatic rings. The van der Waals surface area contributed by atoms with Gasteiger partial charge in [0.1, 0.15) is 11.5 Å². The number of benzene rings is 1. The third kappa shape index (κ3) is 5.50. The summed E-state index contributed by atoms with van der Waals surface area (Å²) in [5.74, 6) is 0.969. The van der Waals surface area contributed by atoms with Crippen molar-refractivity contribution < 1.29 is 19.0 Å². The summed E-state index contributed by atoms with van der Waals surface area (Å²) in [7, 11) is 0. The van der Waals surface area contributed by atoms with E-state index in [9.17, 15) is 4.79 Å². The molecule has 0 fully saturated rings. The van der Waals surface area contributed by atoms with E-state index >= 15 is 0 Å². The fraction of sp³-hybridized carbons (Fsp3) is 0.471. The van der Waals surface area contributed by atoms with Gasteiger partial charge in [0.2, 0.25) is 6.29 Å². The van der Waals surface area contributed by atoms with Crippen molar-refractivity contribution in [2.45, 2.75) is 46.8 Å². The van der Waals surface area contributed by atoms with Gasteiger partial charge >= 0.3 is 5.97 Å². The van der Waals surface area contributed by atoms with Crippen LogP contribution in [0, 0.1) is 0 Å². The van der Waals surface area contributed by atoms with Crippen LogP contribution in [0.4, 0.5) is 0 Å². The van der Waals surface area contributed by atoms with Crippen molar-refractivity contribution in [1.29, 1.82) is 0 Å². The summed E-state index contributed by atoms with van der Waals surface area (Å²) in [6, 6.07) is 5.74. The third-order valence-electron chi connectivity index (χ3n) is 2.78. The second kappa shape index (κ2) is 8.35. The topological polar surface area (TPSA) is 44.8 Å². The van der Waals surface area contributed by atoms with Gasteiger partial charge in [0, 0.05) is 18.6 Å². The van der Waals surface area contributed by atoms with Gasteiger partial charge < -0.3 is 14.2 Å². The summed E-state index contributed by atoms with van der Waals surface area (Å²) >= 11 is 0. The lowest BCUT2D eigenvalue weighted by atomic mass is 10.1. The Bertz CT molecular complexity index is 494. The molecule has 0 radical (unpaired) electrons. The Morgan fingerprint density at radius 1 is 1.33 bits per heavy atom. The minimum atomic E-state index is -0.679. The van der Waals surface area contributed by atoms with Crippen LogP contribution < -0.4 is 9.47 Å². The predicted molar refractivity (Wildman–Crippen MR) is 82.6 cm³/mol. The summed E-state index contributed by atoms with van der Waals surface area (Å²) in [6.07, 6.45) is 1.22. The second-order valence-electron chi connectivity index (χ2n) is 4.82. The van der Waals surface area contributed by atoms with Crippen molar-refractivity contribution in [2.75, 3.05) is 6.61 Å². The van der Waals surface area contributed by atoms with Crippen LogP contribution in [-0.2, 0) is 16.0 Å². The van der Waals surface area contributed by atoms with Gasteiger partial charge in [0.25, 0.3) is 0 Å². The Morgan fingerprint density at radius 3 is 2.62 bits per heavy atom. The van der Waals surface area contributed by atoms with Gasteiger partial charge in [-0.25, -0.2) is 4.79 Å². The fourth-order valence-corrected chi connectivity index (χ4v) is 1.83. The first-order valence-corrected chi connectivity index (χ1v) is 7.26. The first-order chi connectivity index (χ1) is 9.97. The van der Waals surface area contributed by atoms with E-state index < -0.39 is 12.3 Å². The molecule has 0 heterocycles. The van der Waals surface area contributed by atoms with Crippen LogP contribution in [0.15, 0.2) is 30.4 Å². The van der Waals surface area contributed by atoms with Gasteiger partial charge in [0.05, 0.1) is 6.61 Å². The van der Waals surface area contributed by atoms with Gasteiger partial charge in [0.15, 0.2) is 0 Å². The van der Waals surface area contributed by atoms with Crippen LogP contribution >= 0.6 is 0 Å². The Hall–Kier alpha value is -1.97. The molecule has 0 amide bonds. The lowest BCUT2D eigenvalue weighted by Gasteiger charge is -2.18. The van der Waals surface area contributed by atoms with E-state index in [1.54, 1.807) is 13.8 Å². The SMILES string of the molecule is C=C(C)C(=O)OC(C)Oc1cc(OCC)ccc1CCC. The van der Waals surface area contributed by atoms with Crippen LogP contribution in [0.25, 0.3) is 0 Å². The summed E-state index contributed by atoms with van der Waals surface area (Å²) < 4.78 is 16.4. The smallest absolute Gasteiger partial charge is 0.336 e. The second-order valence-corrected chi connectivity index (χ2v) is 4.82. The zero-order chi connectivity index (χ0) is 15.8. The zero-order valence-electron chi connectivity index (χ0n) is 13.3. The van der Waals surface area contributed by atoms with Crippen LogP contribution in [-0.4, -0.2) is 18.9 Å². The van der Waals surface area contributed by atoms with Gasteiger partial charge in [-0.05, 0) is 31.9 Å². The first-order valence-electron chi connectivity index (χ1n) is 7.26. The Balaban J connectivity index is 2.84. The Morgan fingerprint density at radius 2 is 2.05 bits per heavy atom. The van der Waals surface area contributed by atoms with E-state index in [1.807, 2.05) is 25.1 Å². The number of ether oxygens (including phenoxy) is 3. The van der Waals surface area contributed by atoms with Gasteiger partial charge in [-0.3, -0.25) is 0 Å². The van der Waals surface area contributed by atoms with Crippen molar-refractivity contribution in [3.8, 4) is 11.5 Å². The van der Waals surface area contributed by atoms with Crippen molar-refractivity contribution >= 4 is 5.97 Å². The van der Waals surface area contributed by atoms with E-state index in [1.165, 1.54) is 0 Å². The molecule has 0 aliphatic heterocycles. The molecule has 1 rings (SSSR count).